The van der Waals surface area contributed by atoms with Crippen molar-refractivity contribution in [2.24, 2.45) is 0 Å². The van der Waals surface area contributed by atoms with Crippen molar-refractivity contribution < 1.29 is 14.7 Å². The van der Waals surface area contributed by atoms with Crippen LogP contribution in [0.2, 0.25) is 0 Å². The molecule has 5 nitrogen and oxygen atoms in total. The lowest BCUT2D eigenvalue weighted by Crippen LogP contribution is -2.14. The number of rotatable bonds is 3. The SMILES string of the molecule is Cc1cc(C)cc(C(=O)Nc2snc(C)c2C(=O)O)c1. The van der Waals surface area contributed by atoms with Gasteiger partial charge in [0.2, 0.25) is 0 Å². The molecule has 0 bridgehead atoms. The van der Waals surface area contributed by atoms with Crippen LogP contribution in [0.1, 0.15) is 37.5 Å². The molecule has 0 spiro atoms. The Hall–Kier alpha value is -2.21. The molecule has 0 atom stereocenters. The van der Waals surface area contributed by atoms with Crippen molar-refractivity contribution in [3.05, 3.63) is 46.1 Å². The van der Waals surface area contributed by atoms with Gasteiger partial charge in [-0.1, -0.05) is 17.2 Å². The number of amides is 1. The van der Waals surface area contributed by atoms with Gasteiger partial charge < -0.3 is 10.4 Å². The molecule has 1 heterocycles. The van der Waals surface area contributed by atoms with Gasteiger partial charge in [0.05, 0.1) is 5.69 Å². The Labute approximate surface area is 120 Å². The van der Waals surface area contributed by atoms with E-state index in [1.54, 1.807) is 19.1 Å². The van der Waals surface area contributed by atoms with Gasteiger partial charge in [-0.15, -0.1) is 0 Å². The number of carboxylic acid groups (broad SMARTS) is 1. The average Bonchev–Trinajstić information content (AvgIpc) is 2.69. The standard InChI is InChI=1S/C14H14N2O3S/c1-7-4-8(2)6-10(5-7)12(17)15-13-11(14(18)19)9(3)16-20-13/h4-6H,1-3H3,(H,15,17)(H,18,19). The summed E-state index contributed by atoms with van der Waals surface area (Å²) in [7, 11) is 0. The van der Waals surface area contributed by atoms with Crippen molar-refractivity contribution in [1.29, 1.82) is 0 Å². The third kappa shape index (κ3) is 2.85. The molecule has 0 aliphatic rings. The number of benzene rings is 1. The third-order valence-corrected chi connectivity index (χ3v) is 3.64. The van der Waals surface area contributed by atoms with Gasteiger partial charge in [-0.2, -0.15) is 4.37 Å². The molecule has 2 rings (SSSR count). The number of hydrogen-bond donors (Lipinski definition) is 2. The molecule has 1 amide bonds. The van der Waals surface area contributed by atoms with Crippen molar-refractivity contribution in [3.8, 4) is 0 Å². The number of aromatic carboxylic acids is 1. The monoisotopic (exact) mass is 290 g/mol. The number of hydrogen-bond acceptors (Lipinski definition) is 4. The van der Waals surface area contributed by atoms with Gasteiger partial charge in [0.25, 0.3) is 5.91 Å². The fraction of sp³-hybridized carbons (Fsp3) is 0.214. The molecule has 0 aliphatic heterocycles. The Kier molecular flexibility index (Phi) is 3.85. The van der Waals surface area contributed by atoms with Crippen molar-refractivity contribution in [2.75, 3.05) is 5.32 Å². The van der Waals surface area contributed by atoms with E-state index in [0.717, 1.165) is 22.7 Å². The Morgan fingerprint density at radius 3 is 2.30 bits per heavy atom. The van der Waals surface area contributed by atoms with E-state index in [-0.39, 0.29) is 16.5 Å². The molecule has 0 aliphatic carbocycles. The van der Waals surface area contributed by atoms with E-state index in [2.05, 4.69) is 9.69 Å². The van der Waals surface area contributed by atoms with Crippen LogP contribution in [0.3, 0.4) is 0 Å². The number of carbonyl (C=O) groups excluding carboxylic acids is 1. The van der Waals surface area contributed by atoms with Gasteiger partial charge in [-0.05, 0) is 44.4 Å². The molecule has 2 N–H and O–H groups in total. The van der Waals surface area contributed by atoms with Gasteiger partial charge in [0.15, 0.2) is 0 Å². The first-order chi connectivity index (χ1) is 9.38. The highest BCUT2D eigenvalue weighted by Gasteiger charge is 2.19. The summed E-state index contributed by atoms with van der Waals surface area (Å²) in [5, 5.41) is 12.0. The molecule has 20 heavy (non-hydrogen) atoms. The highest BCUT2D eigenvalue weighted by Crippen LogP contribution is 2.25. The molecule has 104 valence electrons. The Morgan fingerprint density at radius 1 is 1.15 bits per heavy atom. The summed E-state index contributed by atoms with van der Waals surface area (Å²) >= 11 is 0.973. The molecule has 1 aromatic heterocycles. The Morgan fingerprint density at radius 2 is 1.75 bits per heavy atom. The van der Waals surface area contributed by atoms with Crippen LogP contribution in [0.4, 0.5) is 5.00 Å². The molecule has 6 heteroatoms. The summed E-state index contributed by atoms with van der Waals surface area (Å²) in [5.41, 5.74) is 2.92. The van der Waals surface area contributed by atoms with Gasteiger partial charge in [-0.25, -0.2) is 4.79 Å². The normalized spacial score (nSPS) is 10.3. The van der Waals surface area contributed by atoms with E-state index in [0.29, 0.717) is 11.3 Å². The maximum atomic E-state index is 12.2. The van der Waals surface area contributed by atoms with Gasteiger partial charge >= 0.3 is 5.97 Å². The topological polar surface area (TPSA) is 79.3 Å². The van der Waals surface area contributed by atoms with Crippen molar-refractivity contribution in [3.63, 3.8) is 0 Å². The minimum Gasteiger partial charge on any atom is -0.478 e. The lowest BCUT2D eigenvalue weighted by Gasteiger charge is -2.06. The third-order valence-electron chi connectivity index (χ3n) is 2.79. The summed E-state index contributed by atoms with van der Waals surface area (Å²) < 4.78 is 3.97. The summed E-state index contributed by atoms with van der Waals surface area (Å²) in [6.07, 6.45) is 0. The fourth-order valence-corrected chi connectivity index (χ4v) is 2.77. The van der Waals surface area contributed by atoms with Crippen LogP contribution >= 0.6 is 11.5 Å². The quantitative estimate of drug-likeness (QED) is 0.910. The molecule has 0 radical (unpaired) electrons. The zero-order valence-electron chi connectivity index (χ0n) is 11.4. The Bertz CT molecular complexity index is 671. The zero-order valence-corrected chi connectivity index (χ0v) is 12.2. The second-order valence-electron chi connectivity index (χ2n) is 4.61. The lowest BCUT2D eigenvalue weighted by atomic mass is 10.1. The van der Waals surface area contributed by atoms with E-state index >= 15 is 0 Å². The smallest absolute Gasteiger partial charge is 0.340 e. The molecule has 0 saturated heterocycles. The molecule has 1 aromatic carbocycles. The van der Waals surface area contributed by atoms with Crippen molar-refractivity contribution in [2.45, 2.75) is 20.8 Å². The van der Waals surface area contributed by atoms with Crippen LogP contribution in [-0.4, -0.2) is 21.4 Å². The van der Waals surface area contributed by atoms with Crippen LogP contribution in [0, 0.1) is 20.8 Å². The van der Waals surface area contributed by atoms with Gasteiger partial charge in [-0.3, -0.25) is 4.79 Å². The lowest BCUT2D eigenvalue weighted by molar-refractivity contribution is 0.0697. The number of carboxylic acids is 1. The largest absolute Gasteiger partial charge is 0.478 e. The number of aryl methyl sites for hydroxylation is 3. The van der Waals surface area contributed by atoms with Crippen LogP contribution in [0.25, 0.3) is 0 Å². The Balaban J connectivity index is 2.30. The predicted octanol–water partition coefficient (Wildman–Crippen LogP) is 3.02. The number of nitrogens with zero attached hydrogens (tertiary/aromatic N) is 1. The molecular weight excluding hydrogens is 276 g/mol. The molecule has 0 fully saturated rings. The minimum absolute atomic E-state index is 0.0488. The van der Waals surface area contributed by atoms with Crippen molar-refractivity contribution >= 4 is 28.4 Å². The number of carbonyl (C=O) groups is 2. The number of anilines is 1. The molecule has 2 aromatic rings. The maximum Gasteiger partial charge on any atom is 0.340 e. The van der Waals surface area contributed by atoms with E-state index in [9.17, 15) is 9.59 Å². The number of aromatic nitrogens is 1. The van der Waals surface area contributed by atoms with Crippen LogP contribution in [0.15, 0.2) is 18.2 Å². The van der Waals surface area contributed by atoms with Crippen LogP contribution in [-0.2, 0) is 0 Å². The average molecular weight is 290 g/mol. The maximum absolute atomic E-state index is 12.2. The summed E-state index contributed by atoms with van der Waals surface area (Å²) in [4.78, 5) is 23.3. The second kappa shape index (κ2) is 5.42. The molecule has 0 unspecified atom stereocenters. The first-order valence-corrected chi connectivity index (χ1v) is 6.75. The summed E-state index contributed by atoms with van der Waals surface area (Å²) in [6.45, 7) is 5.42. The predicted molar refractivity (Wildman–Crippen MR) is 77.7 cm³/mol. The van der Waals surface area contributed by atoms with Gasteiger partial charge in [0, 0.05) is 5.56 Å². The van der Waals surface area contributed by atoms with E-state index in [4.69, 9.17) is 5.11 Å². The molecular formula is C14H14N2O3S. The fourth-order valence-electron chi connectivity index (χ4n) is 1.99. The van der Waals surface area contributed by atoms with E-state index in [1.165, 1.54) is 0 Å². The number of nitrogens with one attached hydrogen (secondary N) is 1. The van der Waals surface area contributed by atoms with Crippen LogP contribution < -0.4 is 5.32 Å². The van der Waals surface area contributed by atoms with E-state index in [1.807, 2.05) is 19.9 Å². The summed E-state index contributed by atoms with van der Waals surface area (Å²) in [5.74, 6) is -1.42. The second-order valence-corrected chi connectivity index (χ2v) is 5.38. The zero-order chi connectivity index (χ0) is 14.9. The van der Waals surface area contributed by atoms with Crippen molar-refractivity contribution in [1.82, 2.24) is 4.37 Å². The van der Waals surface area contributed by atoms with Crippen LogP contribution in [0.5, 0.6) is 0 Å². The first kappa shape index (κ1) is 14.2. The molecule has 0 saturated carbocycles. The highest BCUT2D eigenvalue weighted by atomic mass is 32.1. The summed E-state index contributed by atoms with van der Waals surface area (Å²) in [6, 6.07) is 5.49. The highest BCUT2D eigenvalue weighted by molar-refractivity contribution is 7.11. The van der Waals surface area contributed by atoms with Gasteiger partial charge in [0.1, 0.15) is 10.6 Å². The minimum atomic E-state index is -1.09. The first-order valence-electron chi connectivity index (χ1n) is 5.97. The van der Waals surface area contributed by atoms with E-state index < -0.39 is 5.97 Å².